The van der Waals surface area contributed by atoms with Crippen LogP contribution in [0.4, 0.5) is 0 Å². The molecule has 2 rings (SSSR count). The van der Waals surface area contributed by atoms with Crippen LogP contribution in [0.1, 0.15) is 32.6 Å². The van der Waals surface area contributed by atoms with Crippen LogP contribution in [-0.4, -0.2) is 62.2 Å². The molecule has 2 fully saturated rings. The molecule has 0 aromatic heterocycles. The van der Waals surface area contributed by atoms with Gasteiger partial charge >= 0.3 is 0 Å². The first-order valence-electron chi connectivity index (χ1n) is 7.44. The Labute approximate surface area is 107 Å². The highest BCUT2D eigenvalue weighted by Gasteiger charge is 2.31. The molecule has 1 saturated carbocycles. The van der Waals surface area contributed by atoms with Gasteiger partial charge in [-0.1, -0.05) is 6.92 Å². The molecule has 2 aliphatic rings. The summed E-state index contributed by atoms with van der Waals surface area (Å²) in [6.07, 6.45) is 5.70. The van der Waals surface area contributed by atoms with Gasteiger partial charge in [0, 0.05) is 25.7 Å². The van der Waals surface area contributed by atoms with E-state index in [1.54, 1.807) is 0 Å². The van der Waals surface area contributed by atoms with E-state index in [4.69, 9.17) is 0 Å². The molecule has 17 heavy (non-hydrogen) atoms. The van der Waals surface area contributed by atoms with Gasteiger partial charge in [-0.25, -0.2) is 0 Å². The van der Waals surface area contributed by atoms with Crippen LogP contribution >= 0.6 is 0 Å². The molecule has 0 bridgehead atoms. The Hall–Kier alpha value is -0.120. The van der Waals surface area contributed by atoms with E-state index in [-0.39, 0.29) is 0 Å². The molecule has 1 unspecified atom stereocenters. The van der Waals surface area contributed by atoms with Crippen LogP contribution in [0.5, 0.6) is 0 Å². The standard InChI is InChI=1S/C14H29N3/c1-3-15-14(13-6-7-13)12-16(2)10-11-17-8-4-5-9-17/h13-15H,3-12H2,1-2H3. The van der Waals surface area contributed by atoms with E-state index in [9.17, 15) is 0 Å². The van der Waals surface area contributed by atoms with Crippen LogP contribution in [0.2, 0.25) is 0 Å². The molecule has 1 aliphatic heterocycles. The highest BCUT2D eigenvalue weighted by Crippen LogP contribution is 2.32. The van der Waals surface area contributed by atoms with Crippen molar-refractivity contribution in [2.75, 3.05) is 46.3 Å². The third-order valence-electron chi connectivity index (χ3n) is 4.16. The maximum Gasteiger partial charge on any atom is 0.0223 e. The molecule has 1 heterocycles. The van der Waals surface area contributed by atoms with Gasteiger partial charge in [-0.05, 0) is 58.3 Å². The smallest absolute Gasteiger partial charge is 0.0223 e. The molecule has 100 valence electrons. The summed E-state index contributed by atoms with van der Waals surface area (Å²) in [5.74, 6) is 0.962. The van der Waals surface area contributed by atoms with E-state index in [1.807, 2.05) is 0 Å². The Morgan fingerprint density at radius 1 is 1.29 bits per heavy atom. The molecule has 1 aliphatic carbocycles. The number of rotatable bonds is 8. The van der Waals surface area contributed by atoms with Gasteiger partial charge in [0.25, 0.3) is 0 Å². The van der Waals surface area contributed by atoms with E-state index < -0.39 is 0 Å². The average molecular weight is 239 g/mol. The Morgan fingerprint density at radius 3 is 2.59 bits per heavy atom. The molecule has 0 spiro atoms. The first kappa shape index (κ1) is 13.3. The third kappa shape index (κ3) is 4.57. The van der Waals surface area contributed by atoms with Crippen LogP contribution in [-0.2, 0) is 0 Å². The van der Waals surface area contributed by atoms with E-state index in [2.05, 4.69) is 29.1 Å². The first-order valence-corrected chi connectivity index (χ1v) is 7.44. The van der Waals surface area contributed by atoms with Crippen molar-refractivity contribution in [2.45, 2.75) is 38.6 Å². The molecule has 3 heteroatoms. The summed E-state index contributed by atoms with van der Waals surface area (Å²) >= 11 is 0. The molecule has 3 nitrogen and oxygen atoms in total. The number of hydrogen-bond donors (Lipinski definition) is 1. The molecule has 0 aromatic rings. The number of likely N-dealkylation sites (N-methyl/N-ethyl adjacent to an activating group) is 2. The molecule has 0 amide bonds. The summed E-state index contributed by atoms with van der Waals surface area (Å²) in [6, 6.07) is 0.739. The molecular weight excluding hydrogens is 210 g/mol. The minimum atomic E-state index is 0.739. The maximum atomic E-state index is 3.65. The zero-order valence-electron chi connectivity index (χ0n) is 11.6. The lowest BCUT2D eigenvalue weighted by atomic mass is 10.1. The van der Waals surface area contributed by atoms with Crippen molar-refractivity contribution in [2.24, 2.45) is 5.92 Å². The van der Waals surface area contributed by atoms with Crippen molar-refractivity contribution in [3.8, 4) is 0 Å². The molecule has 0 radical (unpaired) electrons. The van der Waals surface area contributed by atoms with E-state index in [1.165, 1.54) is 58.4 Å². The van der Waals surface area contributed by atoms with Crippen LogP contribution in [0.3, 0.4) is 0 Å². The summed E-state index contributed by atoms with van der Waals surface area (Å²) < 4.78 is 0. The summed E-state index contributed by atoms with van der Waals surface area (Å²) in [5, 5.41) is 3.65. The fraction of sp³-hybridized carbons (Fsp3) is 1.00. The topological polar surface area (TPSA) is 18.5 Å². The van der Waals surface area contributed by atoms with E-state index in [0.29, 0.717) is 0 Å². The van der Waals surface area contributed by atoms with Crippen LogP contribution in [0.15, 0.2) is 0 Å². The van der Waals surface area contributed by atoms with Gasteiger partial charge in [-0.3, -0.25) is 0 Å². The van der Waals surface area contributed by atoms with Gasteiger partial charge in [0.2, 0.25) is 0 Å². The lowest BCUT2D eigenvalue weighted by Crippen LogP contribution is -2.43. The second-order valence-corrected chi connectivity index (χ2v) is 5.81. The normalized spacial score (nSPS) is 23.5. The number of hydrogen-bond acceptors (Lipinski definition) is 3. The summed E-state index contributed by atoms with van der Waals surface area (Å²) in [5.41, 5.74) is 0. The number of nitrogens with one attached hydrogen (secondary N) is 1. The summed E-state index contributed by atoms with van der Waals surface area (Å²) in [7, 11) is 2.28. The Morgan fingerprint density at radius 2 is 2.00 bits per heavy atom. The zero-order valence-corrected chi connectivity index (χ0v) is 11.6. The summed E-state index contributed by atoms with van der Waals surface area (Å²) in [4.78, 5) is 5.12. The molecule has 1 atom stereocenters. The zero-order chi connectivity index (χ0) is 12.1. The quantitative estimate of drug-likeness (QED) is 0.691. The predicted molar refractivity (Wildman–Crippen MR) is 73.4 cm³/mol. The van der Waals surface area contributed by atoms with Gasteiger partial charge in [0.15, 0.2) is 0 Å². The minimum Gasteiger partial charge on any atom is -0.313 e. The highest BCUT2D eigenvalue weighted by molar-refractivity contribution is 4.88. The van der Waals surface area contributed by atoms with Gasteiger partial charge in [0.1, 0.15) is 0 Å². The Kier molecular flexibility index (Phi) is 5.26. The van der Waals surface area contributed by atoms with Crippen LogP contribution in [0.25, 0.3) is 0 Å². The second kappa shape index (κ2) is 6.72. The number of nitrogens with zero attached hydrogens (tertiary/aromatic N) is 2. The fourth-order valence-electron chi connectivity index (χ4n) is 2.89. The fourth-order valence-corrected chi connectivity index (χ4v) is 2.89. The first-order chi connectivity index (χ1) is 8.29. The van der Waals surface area contributed by atoms with Crippen LogP contribution < -0.4 is 5.32 Å². The predicted octanol–water partition coefficient (Wildman–Crippen LogP) is 1.40. The highest BCUT2D eigenvalue weighted by atomic mass is 15.2. The summed E-state index contributed by atoms with van der Waals surface area (Å²) in [6.45, 7) is 9.71. The van der Waals surface area contributed by atoms with Crippen molar-refractivity contribution < 1.29 is 0 Å². The lowest BCUT2D eigenvalue weighted by molar-refractivity contribution is 0.231. The van der Waals surface area contributed by atoms with Gasteiger partial charge in [-0.15, -0.1) is 0 Å². The van der Waals surface area contributed by atoms with Gasteiger partial charge in [-0.2, -0.15) is 0 Å². The number of likely N-dealkylation sites (tertiary alicyclic amines) is 1. The van der Waals surface area contributed by atoms with Crippen LogP contribution in [0, 0.1) is 5.92 Å². The molecular formula is C14H29N3. The minimum absolute atomic E-state index is 0.739. The monoisotopic (exact) mass is 239 g/mol. The van der Waals surface area contributed by atoms with E-state index >= 15 is 0 Å². The van der Waals surface area contributed by atoms with E-state index in [0.717, 1.165) is 18.5 Å². The van der Waals surface area contributed by atoms with Crippen molar-refractivity contribution >= 4 is 0 Å². The Balaban J connectivity index is 1.62. The SMILES string of the molecule is CCNC(CN(C)CCN1CCCC1)C1CC1. The van der Waals surface area contributed by atoms with Crippen molar-refractivity contribution in [3.05, 3.63) is 0 Å². The lowest BCUT2D eigenvalue weighted by Gasteiger charge is -2.26. The average Bonchev–Trinajstić information content (AvgIpc) is 3.03. The molecule has 1 N–H and O–H groups in total. The van der Waals surface area contributed by atoms with Crippen molar-refractivity contribution in [1.82, 2.24) is 15.1 Å². The Bertz CT molecular complexity index is 210. The largest absolute Gasteiger partial charge is 0.313 e. The third-order valence-corrected chi connectivity index (χ3v) is 4.16. The maximum absolute atomic E-state index is 3.65. The van der Waals surface area contributed by atoms with Gasteiger partial charge < -0.3 is 15.1 Å². The van der Waals surface area contributed by atoms with Gasteiger partial charge in [0.05, 0.1) is 0 Å². The molecule has 1 saturated heterocycles. The second-order valence-electron chi connectivity index (χ2n) is 5.81. The van der Waals surface area contributed by atoms with Crippen molar-refractivity contribution in [3.63, 3.8) is 0 Å². The molecule has 0 aromatic carbocycles. The van der Waals surface area contributed by atoms with Crippen molar-refractivity contribution in [1.29, 1.82) is 0 Å².